The molecule has 0 spiro atoms. The predicted molar refractivity (Wildman–Crippen MR) is 139 cm³/mol. The number of ether oxygens (including phenoxy) is 3. The lowest BCUT2D eigenvalue weighted by Crippen LogP contribution is -2.37. The third-order valence-corrected chi connectivity index (χ3v) is 5.19. The summed E-state index contributed by atoms with van der Waals surface area (Å²) in [5.74, 6) is 1.37. The number of nitrogens with zero attached hydrogens (tertiary/aromatic N) is 1. The first-order valence-electron chi connectivity index (χ1n) is 11.1. The third kappa shape index (κ3) is 10.3. The average molecular weight is 553 g/mol. The average Bonchev–Trinajstić information content (AvgIpc) is 3.33. The molecule has 1 aliphatic rings. The maximum Gasteiger partial charge on any atom is 0.191 e. The van der Waals surface area contributed by atoms with Crippen LogP contribution in [-0.4, -0.2) is 46.0 Å². The smallest absolute Gasteiger partial charge is 0.191 e. The number of hydrogen-bond donors (Lipinski definition) is 2. The molecular formula is C25H36IN3O3. The molecule has 32 heavy (non-hydrogen) atoms. The van der Waals surface area contributed by atoms with Crippen molar-refractivity contribution in [2.24, 2.45) is 10.9 Å². The van der Waals surface area contributed by atoms with Crippen molar-refractivity contribution in [2.45, 2.75) is 32.6 Å². The van der Waals surface area contributed by atoms with E-state index in [9.17, 15) is 0 Å². The van der Waals surface area contributed by atoms with Crippen molar-refractivity contribution in [1.29, 1.82) is 0 Å². The SMILES string of the molecule is CN=C(NCCCOCC1CCOC1)NCc1cccc(COCc2ccccc2)c1.I. The summed E-state index contributed by atoms with van der Waals surface area (Å²) < 4.78 is 17.0. The second kappa shape index (κ2) is 16.0. The van der Waals surface area contributed by atoms with Crippen LogP contribution in [0.4, 0.5) is 0 Å². The molecule has 0 aliphatic carbocycles. The first-order chi connectivity index (χ1) is 15.3. The van der Waals surface area contributed by atoms with Gasteiger partial charge in [0.1, 0.15) is 0 Å². The number of nitrogens with one attached hydrogen (secondary N) is 2. The zero-order valence-corrected chi connectivity index (χ0v) is 21.3. The molecule has 2 N–H and O–H groups in total. The van der Waals surface area contributed by atoms with Crippen LogP contribution in [0.3, 0.4) is 0 Å². The van der Waals surface area contributed by atoms with Crippen LogP contribution in [0, 0.1) is 5.92 Å². The monoisotopic (exact) mass is 553 g/mol. The normalized spacial score (nSPS) is 15.9. The van der Waals surface area contributed by atoms with Crippen LogP contribution in [-0.2, 0) is 34.0 Å². The molecule has 0 amide bonds. The topological polar surface area (TPSA) is 64.1 Å². The van der Waals surface area contributed by atoms with Crippen LogP contribution < -0.4 is 10.6 Å². The van der Waals surface area contributed by atoms with Crippen molar-refractivity contribution < 1.29 is 14.2 Å². The van der Waals surface area contributed by atoms with Crippen LogP contribution >= 0.6 is 24.0 Å². The van der Waals surface area contributed by atoms with Crippen molar-refractivity contribution in [1.82, 2.24) is 10.6 Å². The van der Waals surface area contributed by atoms with Crippen molar-refractivity contribution >= 4 is 29.9 Å². The predicted octanol–water partition coefficient (Wildman–Crippen LogP) is 4.13. The van der Waals surface area contributed by atoms with Crippen molar-refractivity contribution in [2.75, 3.05) is 40.0 Å². The summed E-state index contributed by atoms with van der Waals surface area (Å²) in [6.45, 7) is 6.04. The summed E-state index contributed by atoms with van der Waals surface area (Å²) in [6.07, 6.45) is 2.07. The molecule has 0 bridgehead atoms. The maximum absolute atomic E-state index is 5.85. The number of rotatable bonds is 12. The molecule has 1 heterocycles. The van der Waals surface area contributed by atoms with Gasteiger partial charge >= 0.3 is 0 Å². The molecule has 0 saturated carbocycles. The van der Waals surface area contributed by atoms with Crippen LogP contribution in [0.5, 0.6) is 0 Å². The standard InChI is InChI=1S/C25H35N3O3.HI/c1-26-25(27-12-6-13-29-19-24-11-14-30-20-24)28-16-22-9-5-10-23(15-22)18-31-17-21-7-3-2-4-8-21;/h2-5,7-10,15,24H,6,11-14,16-20H2,1H3,(H2,26,27,28);1H. The van der Waals surface area contributed by atoms with Gasteiger partial charge in [-0.25, -0.2) is 0 Å². The van der Waals surface area contributed by atoms with Gasteiger partial charge in [0, 0.05) is 39.3 Å². The van der Waals surface area contributed by atoms with Crippen LogP contribution in [0.2, 0.25) is 0 Å². The highest BCUT2D eigenvalue weighted by Gasteiger charge is 2.15. The van der Waals surface area contributed by atoms with Gasteiger partial charge in [0.2, 0.25) is 0 Å². The second-order valence-corrected chi connectivity index (χ2v) is 7.81. The van der Waals surface area contributed by atoms with E-state index in [4.69, 9.17) is 14.2 Å². The van der Waals surface area contributed by atoms with E-state index in [1.165, 1.54) is 16.7 Å². The van der Waals surface area contributed by atoms with Gasteiger partial charge in [-0.1, -0.05) is 54.6 Å². The minimum Gasteiger partial charge on any atom is -0.381 e. The second-order valence-electron chi connectivity index (χ2n) is 7.81. The number of halogens is 1. The highest BCUT2D eigenvalue weighted by Crippen LogP contribution is 2.12. The molecule has 7 heteroatoms. The summed E-state index contributed by atoms with van der Waals surface area (Å²) in [7, 11) is 1.79. The van der Waals surface area contributed by atoms with Gasteiger partial charge in [0.15, 0.2) is 5.96 Å². The number of benzene rings is 2. The molecule has 0 radical (unpaired) electrons. The van der Waals surface area contributed by atoms with E-state index in [0.717, 1.165) is 51.8 Å². The molecule has 1 fully saturated rings. The molecule has 6 nitrogen and oxygen atoms in total. The van der Waals surface area contributed by atoms with E-state index in [1.54, 1.807) is 7.05 Å². The Morgan fingerprint density at radius 1 is 1.00 bits per heavy atom. The molecule has 2 aromatic carbocycles. The number of aliphatic imine (C=N–C) groups is 1. The van der Waals surface area contributed by atoms with Gasteiger partial charge < -0.3 is 24.8 Å². The van der Waals surface area contributed by atoms with E-state index in [2.05, 4.69) is 52.0 Å². The van der Waals surface area contributed by atoms with E-state index in [-0.39, 0.29) is 24.0 Å². The molecule has 1 aliphatic heterocycles. The summed E-state index contributed by atoms with van der Waals surface area (Å²) in [4.78, 5) is 4.30. The molecule has 1 atom stereocenters. The molecule has 1 saturated heterocycles. The van der Waals surface area contributed by atoms with E-state index in [0.29, 0.717) is 25.7 Å². The highest BCUT2D eigenvalue weighted by atomic mass is 127. The van der Waals surface area contributed by atoms with Crippen molar-refractivity contribution in [3.63, 3.8) is 0 Å². The zero-order chi connectivity index (χ0) is 21.6. The fourth-order valence-corrected chi connectivity index (χ4v) is 3.44. The minimum absolute atomic E-state index is 0. The molecular weight excluding hydrogens is 517 g/mol. The van der Waals surface area contributed by atoms with Crippen molar-refractivity contribution in [3.05, 3.63) is 71.3 Å². The van der Waals surface area contributed by atoms with Crippen LogP contribution in [0.1, 0.15) is 29.5 Å². The molecule has 1 unspecified atom stereocenters. The highest BCUT2D eigenvalue weighted by molar-refractivity contribution is 14.0. The largest absolute Gasteiger partial charge is 0.381 e. The van der Waals surface area contributed by atoms with Crippen molar-refractivity contribution in [3.8, 4) is 0 Å². The fourth-order valence-electron chi connectivity index (χ4n) is 3.44. The Bertz CT molecular complexity index is 783. The quantitative estimate of drug-likeness (QED) is 0.179. The summed E-state index contributed by atoms with van der Waals surface area (Å²) in [5.41, 5.74) is 3.56. The summed E-state index contributed by atoms with van der Waals surface area (Å²) in [6, 6.07) is 18.7. The Morgan fingerprint density at radius 2 is 1.78 bits per heavy atom. The van der Waals surface area contributed by atoms with E-state index >= 15 is 0 Å². The zero-order valence-electron chi connectivity index (χ0n) is 18.9. The Hall–Kier alpha value is -1.68. The Labute approximate surface area is 209 Å². The summed E-state index contributed by atoms with van der Waals surface area (Å²) >= 11 is 0. The molecule has 3 rings (SSSR count). The number of guanidine groups is 1. The Kier molecular flexibility index (Phi) is 13.3. The Balaban J connectivity index is 0.00000363. The fraction of sp³-hybridized carbons (Fsp3) is 0.480. The maximum atomic E-state index is 5.85. The van der Waals surface area contributed by atoms with Gasteiger partial charge in [-0.2, -0.15) is 0 Å². The lowest BCUT2D eigenvalue weighted by Gasteiger charge is -2.13. The summed E-state index contributed by atoms with van der Waals surface area (Å²) in [5, 5.41) is 6.72. The minimum atomic E-state index is 0. The van der Waals surface area contributed by atoms with Gasteiger partial charge in [-0.05, 0) is 29.5 Å². The molecule has 2 aromatic rings. The van der Waals surface area contributed by atoms with Crippen LogP contribution in [0.15, 0.2) is 59.6 Å². The first kappa shape index (κ1) is 26.6. The third-order valence-electron chi connectivity index (χ3n) is 5.19. The van der Waals surface area contributed by atoms with Gasteiger partial charge in [0.05, 0.1) is 26.4 Å². The molecule has 0 aromatic heterocycles. The van der Waals surface area contributed by atoms with Gasteiger partial charge in [-0.3, -0.25) is 4.99 Å². The van der Waals surface area contributed by atoms with E-state index < -0.39 is 0 Å². The Morgan fingerprint density at radius 3 is 2.56 bits per heavy atom. The first-order valence-corrected chi connectivity index (χ1v) is 11.1. The van der Waals surface area contributed by atoms with Gasteiger partial charge in [0.25, 0.3) is 0 Å². The van der Waals surface area contributed by atoms with Gasteiger partial charge in [-0.15, -0.1) is 24.0 Å². The van der Waals surface area contributed by atoms with E-state index in [1.807, 2.05) is 18.2 Å². The molecule has 176 valence electrons. The van der Waals surface area contributed by atoms with Crippen LogP contribution in [0.25, 0.3) is 0 Å². The number of hydrogen-bond acceptors (Lipinski definition) is 4. The lowest BCUT2D eigenvalue weighted by molar-refractivity contribution is 0.0888. The lowest BCUT2D eigenvalue weighted by atomic mass is 10.1.